The Hall–Kier alpha value is -3.79. The van der Waals surface area contributed by atoms with Crippen molar-refractivity contribution in [2.45, 2.75) is 44.3 Å². The van der Waals surface area contributed by atoms with Gasteiger partial charge in [0.25, 0.3) is 0 Å². The van der Waals surface area contributed by atoms with Gasteiger partial charge >= 0.3 is 0 Å². The number of hydrogen-bond donors (Lipinski definition) is 3. The zero-order valence-corrected chi connectivity index (χ0v) is 21.9. The molecule has 12 heteroatoms. The molecule has 1 saturated heterocycles. The average Bonchev–Trinajstić information content (AvgIpc) is 3.37. The van der Waals surface area contributed by atoms with Crippen LogP contribution in [-0.2, 0) is 16.1 Å². The molecule has 2 aromatic heterocycles. The summed E-state index contributed by atoms with van der Waals surface area (Å²) in [4.78, 5) is 37.9. The van der Waals surface area contributed by atoms with E-state index < -0.39 is 6.35 Å². The van der Waals surface area contributed by atoms with Crippen LogP contribution in [0.1, 0.15) is 40.9 Å². The number of anilines is 3. The number of aliphatic hydroxyl groups is 1. The molecule has 3 heterocycles. The maximum atomic E-state index is 12.3. The Kier molecular flexibility index (Phi) is 8.73. The predicted octanol–water partition coefficient (Wildman–Crippen LogP) is 1.24. The predicted molar refractivity (Wildman–Crippen MR) is 142 cm³/mol. The fourth-order valence-corrected chi connectivity index (χ4v) is 4.73. The van der Waals surface area contributed by atoms with Gasteiger partial charge in [-0.25, -0.2) is 9.97 Å². The average molecular weight is 523 g/mol. The van der Waals surface area contributed by atoms with Gasteiger partial charge in [-0.05, 0) is 32.4 Å². The molecule has 12 nitrogen and oxygen atoms in total. The van der Waals surface area contributed by atoms with E-state index in [0.717, 1.165) is 25.8 Å². The summed E-state index contributed by atoms with van der Waals surface area (Å²) in [5.41, 5.74) is 1.89. The number of ether oxygens (including phenoxy) is 1. The fraction of sp³-hybridized carbons (Fsp3) is 0.500. The van der Waals surface area contributed by atoms with Gasteiger partial charge in [-0.3, -0.25) is 14.5 Å². The lowest BCUT2D eigenvalue weighted by atomic mass is 10.1. The molecular weight excluding hydrogens is 488 g/mol. The summed E-state index contributed by atoms with van der Waals surface area (Å²) in [5, 5.41) is 26.7. The van der Waals surface area contributed by atoms with Crippen LogP contribution in [0.3, 0.4) is 0 Å². The van der Waals surface area contributed by atoms with Gasteiger partial charge in [-0.1, -0.05) is 6.07 Å². The van der Waals surface area contributed by atoms with Crippen LogP contribution in [0.15, 0.2) is 24.4 Å². The molecule has 3 unspecified atom stereocenters. The number of likely N-dealkylation sites (N-methyl/N-ethyl adjacent to an activating group) is 1. The first-order chi connectivity index (χ1) is 18.3. The van der Waals surface area contributed by atoms with Gasteiger partial charge < -0.3 is 30.3 Å². The number of piperazine rings is 1. The molecule has 2 fully saturated rings. The van der Waals surface area contributed by atoms with Crippen molar-refractivity contribution in [1.82, 2.24) is 19.8 Å². The van der Waals surface area contributed by atoms with Crippen LogP contribution in [0.25, 0.3) is 0 Å². The van der Waals surface area contributed by atoms with E-state index >= 15 is 0 Å². The molecule has 0 radical (unpaired) electrons. The number of hydrogen-bond acceptors (Lipinski definition) is 11. The number of amides is 1. The minimum absolute atomic E-state index is 0.00615. The van der Waals surface area contributed by atoms with Crippen molar-refractivity contribution in [2.24, 2.45) is 0 Å². The van der Waals surface area contributed by atoms with Gasteiger partial charge in [0.15, 0.2) is 6.29 Å². The molecule has 202 valence electrons. The molecule has 3 atom stereocenters. The smallest absolute Gasteiger partial charge is 0.237 e. The number of aromatic nitrogens is 2. The summed E-state index contributed by atoms with van der Waals surface area (Å²) in [6, 6.07) is 7.46. The minimum atomic E-state index is -1.22. The highest BCUT2D eigenvalue weighted by Gasteiger charge is 2.26. The zero-order valence-electron chi connectivity index (χ0n) is 21.9. The molecule has 1 amide bonds. The van der Waals surface area contributed by atoms with E-state index in [9.17, 15) is 20.0 Å². The molecule has 1 aliphatic heterocycles. The quantitative estimate of drug-likeness (QED) is 0.306. The Morgan fingerprint density at radius 1 is 1.37 bits per heavy atom. The highest BCUT2D eigenvalue weighted by atomic mass is 16.5. The van der Waals surface area contributed by atoms with Crippen LogP contribution < -0.4 is 15.5 Å². The number of pyridine rings is 2. The number of aldehydes is 1. The fourth-order valence-electron chi connectivity index (χ4n) is 4.73. The normalized spacial score (nSPS) is 20.6. The Morgan fingerprint density at radius 3 is 2.87 bits per heavy atom. The van der Waals surface area contributed by atoms with Crippen LogP contribution in [-0.4, -0.2) is 96.4 Å². The summed E-state index contributed by atoms with van der Waals surface area (Å²) >= 11 is 0. The maximum Gasteiger partial charge on any atom is 0.237 e. The molecule has 38 heavy (non-hydrogen) atoms. The third-order valence-corrected chi connectivity index (χ3v) is 7.09. The Bertz CT molecular complexity index is 1200. The van der Waals surface area contributed by atoms with Gasteiger partial charge in [0.05, 0.1) is 23.9 Å². The molecule has 0 spiro atoms. The molecule has 1 saturated carbocycles. The van der Waals surface area contributed by atoms with Crippen LogP contribution in [0.2, 0.25) is 0 Å². The molecule has 2 aromatic rings. The van der Waals surface area contributed by atoms with Crippen LogP contribution in [0, 0.1) is 11.3 Å². The lowest BCUT2D eigenvalue weighted by Crippen LogP contribution is -2.48. The van der Waals surface area contributed by atoms with Gasteiger partial charge in [0.2, 0.25) is 12.3 Å². The highest BCUT2D eigenvalue weighted by Crippen LogP contribution is 2.27. The van der Waals surface area contributed by atoms with Gasteiger partial charge in [0, 0.05) is 57.7 Å². The molecule has 4 rings (SSSR count). The van der Waals surface area contributed by atoms with E-state index in [1.54, 1.807) is 37.3 Å². The second-order valence-electron chi connectivity index (χ2n) is 9.75. The van der Waals surface area contributed by atoms with Crippen LogP contribution in [0.5, 0.6) is 0 Å². The standard InChI is InChI=1S/C26H34N8O4/c1-32-8-9-34(25(36)15-32)14-17-4-7-24(30-22(17)16-35)33(2)26(37)31-23-11-21(18(12-27)13-28-23)29-19-5-6-20(10-19)38-3/h4,7,11,13,16,19-20,26,37H,5-6,8-10,14-15H2,1-3H3,(H2,28,29,31). The molecule has 0 bridgehead atoms. The first-order valence-electron chi connectivity index (χ1n) is 12.6. The van der Waals surface area contributed by atoms with E-state index in [1.807, 2.05) is 11.9 Å². The summed E-state index contributed by atoms with van der Waals surface area (Å²) in [7, 11) is 5.23. The molecular formula is C26H34N8O4. The van der Waals surface area contributed by atoms with E-state index in [-0.39, 0.29) is 23.7 Å². The van der Waals surface area contributed by atoms with Crippen molar-refractivity contribution in [2.75, 3.05) is 56.4 Å². The number of methoxy groups -OCH3 is 1. The summed E-state index contributed by atoms with van der Waals surface area (Å²) in [6.07, 6.45) is 3.83. The molecule has 3 N–H and O–H groups in total. The van der Waals surface area contributed by atoms with Crippen molar-refractivity contribution >= 4 is 29.5 Å². The van der Waals surface area contributed by atoms with Crippen molar-refractivity contribution in [3.8, 4) is 6.07 Å². The number of rotatable bonds is 10. The zero-order chi connectivity index (χ0) is 27.2. The Labute approximate surface area is 222 Å². The second-order valence-corrected chi connectivity index (χ2v) is 9.75. The lowest BCUT2D eigenvalue weighted by Gasteiger charge is -2.32. The second kappa shape index (κ2) is 12.2. The van der Waals surface area contributed by atoms with Crippen molar-refractivity contribution in [3.63, 3.8) is 0 Å². The Morgan fingerprint density at radius 2 is 2.18 bits per heavy atom. The maximum absolute atomic E-state index is 12.3. The van der Waals surface area contributed by atoms with Crippen molar-refractivity contribution < 1.29 is 19.4 Å². The van der Waals surface area contributed by atoms with E-state index in [0.29, 0.717) is 54.4 Å². The number of aliphatic hydroxyl groups excluding tert-OH is 1. The largest absolute Gasteiger partial charge is 0.381 e. The van der Waals surface area contributed by atoms with Crippen molar-refractivity contribution in [3.05, 3.63) is 41.2 Å². The van der Waals surface area contributed by atoms with Crippen LogP contribution >= 0.6 is 0 Å². The summed E-state index contributed by atoms with van der Waals surface area (Å²) < 4.78 is 5.44. The van der Waals surface area contributed by atoms with Crippen molar-refractivity contribution in [1.29, 1.82) is 5.26 Å². The molecule has 1 aliphatic carbocycles. The molecule has 2 aliphatic rings. The van der Waals surface area contributed by atoms with E-state index in [1.165, 1.54) is 11.1 Å². The van der Waals surface area contributed by atoms with Gasteiger partial charge in [-0.2, -0.15) is 5.26 Å². The summed E-state index contributed by atoms with van der Waals surface area (Å²) in [6.45, 7) is 2.00. The first-order valence-corrected chi connectivity index (χ1v) is 12.6. The van der Waals surface area contributed by atoms with E-state index in [2.05, 4.69) is 26.7 Å². The molecule has 0 aromatic carbocycles. The highest BCUT2D eigenvalue weighted by molar-refractivity contribution is 5.80. The number of nitrogens with one attached hydrogen (secondary N) is 2. The number of carbonyl (C=O) groups excluding carboxylic acids is 2. The van der Waals surface area contributed by atoms with E-state index in [4.69, 9.17) is 4.74 Å². The monoisotopic (exact) mass is 522 g/mol. The summed E-state index contributed by atoms with van der Waals surface area (Å²) in [5.74, 6) is 0.740. The third kappa shape index (κ3) is 6.36. The van der Waals surface area contributed by atoms with Crippen LogP contribution in [0.4, 0.5) is 17.3 Å². The third-order valence-electron chi connectivity index (χ3n) is 7.09. The SMILES string of the molecule is COC1CCC(Nc2cc(NC(O)N(C)c3ccc(CN4CCN(C)CC4=O)c(C=O)n3)ncc2C#N)C1. The Balaban J connectivity index is 1.43. The minimum Gasteiger partial charge on any atom is -0.381 e. The number of nitriles is 1. The van der Waals surface area contributed by atoms with Gasteiger partial charge in [-0.15, -0.1) is 0 Å². The van der Waals surface area contributed by atoms with Gasteiger partial charge in [0.1, 0.15) is 23.4 Å². The first kappa shape index (κ1) is 27.3. The number of carbonyl (C=O) groups is 2. The topological polar surface area (TPSA) is 147 Å². The number of nitrogens with zero attached hydrogens (tertiary/aromatic N) is 6. The lowest BCUT2D eigenvalue weighted by molar-refractivity contribution is -0.136.